The Bertz CT molecular complexity index is 420. The van der Waals surface area contributed by atoms with Crippen LogP contribution in [0, 0.1) is 13.8 Å². The second-order valence-electron chi connectivity index (χ2n) is 3.92. The highest BCUT2D eigenvalue weighted by molar-refractivity contribution is 5.97. The van der Waals surface area contributed by atoms with Gasteiger partial charge in [-0.25, -0.2) is 0 Å². The lowest BCUT2D eigenvalue weighted by Gasteiger charge is -2.23. The molecule has 0 spiro atoms. The van der Waals surface area contributed by atoms with Gasteiger partial charge in [-0.3, -0.25) is 9.59 Å². The summed E-state index contributed by atoms with van der Waals surface area (Å²) in [6, 6.07) is 5.75. The molecular weight excluding hydrogens is 218 g/mol. The number of aryl methyl sites for hydroxylation is 2. The maximum absolute atomic E-state index is 11.6. The molecule has 0 aliphatic heterocycles. The van der Waals surface area contributed by atoms with Gasteiger partial charge in [0, 0.05) is 6.92 Å². The molecule has 0 aliphatic rings. The fourth-order valence-electron chi connectivity index (χ4n) is 1.77. The number of para-hydroxylation sites is 1. The Balaban J connectivity index is 3.14. The van der Waals surface area contributed by atoms with Crippen LogP contribution < -0.4 is 4.90 Å². The maximum atomic E-state index is 11.6. The lowest BCUT2D eigenvalue weighted by Crippen LogP contribution is -2.35. The van der Waals surface area contributed by atoms with Crippen molar-refractivity contribution in [3.63, 3.8) is 0 Å². The first-order valence-corrected chi connectivity index (χ1v) is 5.38. The second-order valence-corrected chi connectivity index (χ2v) is 3.92. The number of carbonyl (C=O) groups is 2. The van der Waals surface area contributed by atoms with Gasteiger partial charge >= 0.3 is 5.97 Å². The molecule has 0 fully saturated rings. The summed E-state index contributed by atoms with van der Waals surface area (Å²) < 4.78 is 4.60. The van der Waals surface area contributed by atoms with Crippen molar-refractivity contribution in [1.29, 1.82) is 0 Å². The minimum Gasteiger partial charge on any atom is -0.468 e. The van der Waals surface area contributed by atoms with Crippen LogP contribution in [0.4, 0.5) is 5.69 Å². The summed E-state index contributed by atoms with van der Waals surface area (Å²) in [4.78, 5) is 24.4. The molecule has 0 atom stereocenters. The highest BCUT2D eigenvalue weighted by Crippen LogP contribution is 2.24. The molecule has 4 nitrogen and oxygen atoms in total. The zero-order valence-electron chi connectivity index (χ0n) is 10.6. The molecule has 0 bridgehead atoms. The number of rotatable bonds is 3. The van der Waals surface area contributed by atoms with E-state index in [9.17, 15) is 9.59 Å². The number of methoxy groups -OCH3 is 1. The first-order valence-electron chi connectivity index (χ1n) is 5.38. The normalized spacial score (nSPS) is 9.88. The number of anilines is 1. The van der Waals surface area contributed by atoms with Crippen LogP contribution in [0.25, 0.3) is 0 Å². The van der Waals surface area contributed by atoms with E-state index in [0.717, 1.165) is 16.8 Å². The van der Waals surface area contributed by atoms with Gasteiger partial charge in [-0.2, -0.15) is 0 Å². The summed E-state index contributed by atoms with van der Waals surface area (Å²) in [5.74, 6) is -0.601. The van der Waals surface area contributed by atoms with E-state index in [4.69, 9.17) is 0 Å². The topological polar surface area (TPSA) is 46.6 Å². The Morgan fingerprint density at radius 3 is 2.18 bits per heavy atom. The van der Waals surface area contributed by atoms with Gasteiger partial charge in [0.1, 0.15) is 6.54 Å². The van der Waals surface area contributed by atoms with Gasteiger partial charge in [0.05, 0.1) is 12.8 Å². The molecule has 0 N–H and O–H groups in total. The SMILES string of the molecule is COC(=O)CN(C(C)=O)c1c(C)cccc1C. The van der Waals surface area contributed by atoms with Gasteiger partial charge in [-0.1, -0.05) is 18.2 Å². The fraction of sp³-hybridized carbons (Fsp3) is 0.385. The molecule has 1 amide bonds. The van der Waals surface area contributed by atoms with Crippen molar-refractivity contribution in [2.75, 3.05) is 18.6 Å². The molecule has 4 heteroatoms. The quantitative estimate of drug-likeness (QED) is 0.751. The Hall–Kier alpha value is -1.84. The molecule has 0 saturated carbocycles. The van der Waals surface area contributed by atoms with Crippen LogP contribution in [0.2, 0.25) is 0 Å². The summed E-state index contributed by atoms with van der Waals surface area (Å²) in [5, 5.41) is 0. The number of carbonyl (C=O) groups excluding carboxylic acids is 2. The van der Waals surface area contributed by atoms with Crippen LogP contribution in [0.5, 0.6) is 0 Å². The van der Waals surface area contributed by atoms with Crippen LogP contribution in [-0.2, 0) is 14.3 Å². The maximum Gasteiger partial charge on any atom is 0.325 e. The summed E-state index contributed by atoms with van der Waals surface area (Å²) in [7, 11) is 1.31. The monoisotopic (exact) mass is 235 g/mol. The highest BCUT2D eigenvalue weighted by atomic mass is 16.5. The van der Waals surface area contributed by atoms with E-state index in [1.54, 1.807) is 0 Å². The molecule has 0 aromatic heterocycles. The van der Waals surface area contributed by atoms with Crippen molar-refractivity contribution in [3.05, 3.63) is 29.3 Å². The van der Waals surface area contributed by atoms with E-state index < -0.39 is 5.97 Å². The molecule has 0 radical (unpaired) electrons. The number of hydrogen-bond donors (Lipinski definition) is 0. The Labute approximate surface area is 101 Å². The number of amides is 1. The largest absolute Gasteiger partial charge is 0.468 e. The predicted molar refractivity (Wildman–Crippen MR) is 66.0 cm³/mol. The number of hydrogen-bond acceptors (Lipinski definition) is 3. The van der Waals surface area contributed by atoms with Gasteiger partial charge in [0.2, 0.25) is 5.91 Å². The summed E-state index contributed by atoms with van der Waals surface area (Å²) >= 11 is 0. The zero-order valence-corrected chi connectivity index (χ0v) is 10.6. The highest BCUT2D eigenvalue weighted by Gasteiger charge is 2.19. The number of nitrogens with zero attached hydrogens (tertiary/aromatic N) is 1. The molecule has 0 saturated heterocycles. The smallest absolute Gasteiger partial charge is 0.325 e. The summed E-state index contributed by atoms with van der Waals surface area (Å²) in [5.41, 5.74) is 2.71. The fourth-order valence-corrected chi connectivity index (χ4v) is 1.77. The minimum absolute atomic E-state index is 0.0580. The van der Waals surface area contributed by atoms with E-state index in [0.29, 0.717) is 0 Å². The Morgan fingerprint density at radius 2 is 1.76 bits per heavy atom. The third-order valence-electron chi connectivity index (χ3n) is 2.60. The first-order chi connectivity index (χ1) is 7.97. The average Bonchev–Trinajstić information content (AvgIpc) is 2.26. The van der Waals surface area contributed by atoms with E-state index in [2.05, 4.69) is 4.74 Å². The number of ether oxygens (including phenoxy) is 1. The van der Waals surface area contributed by atoms with E-state index >= 15 is 0 Å². The van der Waals surface area contributed by atoms with Gasteiger partial charge in [0.15, 0.2) is 0 Å². The number of benzene rings is 1. The van der Waals surface area contributed by atoms with Crippen molar-refractivity contribution in [2.45, 2.75) is 20.8 Å². The minimum atomic E-state index is -0.428. The summed E-state index contributed by atoms with van der Waals surface area (Å²) in [6.07, 6.45) is 0. The van der Waals surface area contributed by atoms with Crippen molar-refractivity contribution >= 4 is 17.6 Å². The third kappa shape index (κ3) is 3.06. The van der Waals surface area contributed by atoms with E-state index in [1.807, 2.05) is 32.0 Å². The first kappa shape index (κ1) is 13.2. The summed E-state index contributed by atoms with van der Waals surface area (Å²) in [6.45, 7) is 5.21. The van der Waals surface area contributed by atoms with E-state index in [1.165, 1.54) is 18.9 Å². The van der Waals surface area contributed by atoms with Crippen molar-refractivity contribution < 1.29 is 14.3 Å². The van der Waals surface area contributed by atoms with E-state index in [-0.39, 0.29) is 12.5 Å². The Morgan fingerprint density at radius 1 is 1.24 bits per heavy atom. The number of esters is 1. The van der Waals surface area contributed by atoms with Crippen LogP contribution in [0.3, 0.4) is 0 Å². The molecule has 1 aromatic rings. The van der Waals surface area contributed by atoms with Gasteiger partial charge in [-0.15, -0.1) is 0 Å². The molecule has 92 valence electrons. The van der Waals surface area contributed by atoms with Crippen molar-refractivity contribution in [2.24, 2.45) is 0 Å². The molecule has 0 heterocycles. The van der Waals surface area contributed by atoms with Crippen LogP contribution in [0.15, 0.2) is 18.2 Å². The molecule has 1 aromatic carbocycles. The van der Waals surface area contributed by atoms with Gasteiger partial charge < -0.3 is 9.64 Å². The van der Waals surface area contributed by atoms with Crippen LogP contribution in [0.1, 0.15) is 18.1 Å². The predicted octanol–water partition coefficient (Wildman–Crippen LogP) is 1.83. The average molecular weight is 235 g/mol. The molecule has 0 aliphatic carbocycles. The van der Waals surface area contributed by atoms with Gasteiger partial charge in [-0.05, 0) is 25.0 Å². The lowest BCUT2D eigenvalue weighted by molar-refractivity contribution is -0.139. The molecule has 0 unspecified atom stereocenters. The van der Waals surface area contributed by atoms with Crippen LogP contribution in [-0.4, -0.2) is 25.5 Å². The second kappa shape index (κ2) is 5.48. The molecular formula is C13H17NO3. The lowest BCUT2D eigenvalue weighted by atomic mass is 10.1. The van der Waals surface area contributed by atoms with Crippen molar-refractivity contribution in [3.8, 4) is 0 Å². The van der Waals surface area contributed by atoms with Gasteiger partial charge in [0.25, 0.3) is 0 Å². The molecule has 17 heavy (non-hydrogen) atoms. The van der Waals surface area contributed by atoms with Crippen molar-refractivity contribution in [1.82, 2.24) is 0 Å². The third-order valence-corrected chi connectivity index (χ3v) is 2.60. The Kier molecular flexibility index (Phi) is 4.26. The zero-order chi connectivity index (χ0) is 13.0. The molecule has 1 rings (SSSR count). The standard InChI is InChI=1S/C13H17NO3/c1-9-6-5-7-10(2)13(9)14(11(3)15)8-12(16)17-4/h5-7H,8H2,1-4H3. The van der Waals surface area contributed by atoms with Crippen LogP contribution >= 0.6 is 0 Å².